The van der Waals surface area contributed by atoms with Crippen LogP contribution in [0.2, 0.25) is 18.1 Å². The molecule has 1 aliphatic carbocycles. The standard InChI is InChI=1S/C57H87N7O10Si/c1-13-47-50(74-75(11,12)57(7,8)9)36-51(73-47)64-37-40(6)53(62-55(64)66)60-22-18-25-68-28-30-70-31-29-69-26-19-23-61-56(67)71-27-24-63(10)54(65)42-21-17-16-20-41(42)52-43-32-38(4)45(58-14-2)34-48(43)72-49-35-46(59-15-3)39(5)33-44(49)52/h16-17,20-21,32-35,37,43,47,50-53,59-60H,13-15,18-19,22-31,36H2,1-12H3,(H,61,67)(H,62,66)/p+1. The summed E-state index contributed by atoms with van der Waals surface area (Å²) < 4.78 is 42.3. The van der Waals surface area contributed by atoms with Crippen molar-refractivity contribution in [2.24, 2.45) is 5.92 Å². The first kappa shape index (κ1) is 59.2. The van der Waals surface area contributed by atoms with E-state index in [0.29, 0.717) is 71.1 Å². The van der Waals surface area contributed by atoms with Crippen LogP contribution in [0.4, 0.5) is 15.3 Å². The van der Waals surface area contributed by atoms with E-state index in [1.54, 1.807) is 16.8 Å². The monoisotopic (exact) mass is 1060 g/mol. The zero-order chi connectivity index (χ0) is 54.3. The number of ether oxygens (including phenoxy) is 6. The van der Waals surface area contributed by atoms with Crippen LogP contribution in [0, 0.1) is 12.8 Å². The molecule has 0 spiro atoms. The molecule has 6 atom stereocenters. The van der Waals surface area contributed by atoms with Crippen molar-refractivity contribution in [1.29, 1.82) is 0 Å². The number of amides is 4. The Labute approximate surface area is 447 Å². The highest BCUT2D eigenvalue weighted by atomic mass is 28.4. The summed E-state index contributed by atoms with van der Waals surface area (Å²) in [6.07, 6.45) is 7.87. The zero-order valence-corrected chi connectivity index (χ0v) is 48.0. The van der Waals surface area contributed by atoms with Crippen LogP contribution in [0.1, 0.15) is 114 Å². The second kappa shape index (κ2) is 27.8. The molecule has 3 aliphatic heterocycles. The van der Waals surface area contributed by atoms with Gasteiger partial charge in [-0.05, 0) is 107 Å². The maximum absolute atomic E-state index is 14.2. The molecule has 1 fully saturated rings. The van der Waals surface area contributed by atoms with Crippen LogP contribution < -0.4 is 31.0 Å². The number of carbonyl (C=O) groups is 3. The highest BCUT2D eigenvalue weighted by Gasteiger charge is 2.47. The fourth-order valence-corrected chi connectivity index (χ4v) is 10.9. The summed E-state index contributed by atoms with van der Waals surface area (Å²) in [4.78, 5) is 46.7. The molecule has 18 heteroatoms. The van der Waals surface area contributed by atoms with Crippen molar-refractivity contribution in [2.75, 3.05) is 91.3 Å². The van der Waals surface area contributed by atoms with Gasteiger partial charge in [-0.25, -0.2) is 14.6 Å². The molecule has 414 valence electrons. The van der Waals surface area contributed by atoms with E-state index in [-0.39, 0.29) is 66.6 Å². The van der Waals surface area contributed by atoms with Crippen LogP contribution in [-0.2, 0) is 28.1 Å². The first-order valence-electron chi connectivity index (χ1n) is 27.3. The van der Waals surface area contributed by atoms with E-state index in [1.807, 2.05) is 37.4 Å². The quantitative estimate of drug-likeness (QED) is 0.0444. The molecule has 5 N–H and O–H groups in total. The third kappa shape index (κ3) is 15.8. The lowest BCUT2D eigenvalue weighted by atomic mass is 9.73. The number of aryl methyl sites for hydroxylation is 1. The smallest absolute Gasteiger partial charge is 0.407 e. The molecule has 4 aliphatic rings. The zero-order valence-electron chi connectivity index (χ0n) is 47.0. The van der Waals surface area contributed by atoms with E-state index in [4.69, 9.17) is 32.8 Å². The molecule has 3 heterocycles. The molecule has 6 unspecified atom stereocenters. The minimum absolute atomic E-state index is 0.0314. The highest BCUT2D eigenvalue weighted by molar-refractivity contribution is 6.74. The molecule has 1 saturated heterocycles. The van der Waals surface area contributed by atoms with Gasteiger partial charge in [0.05, 0.1) is 45.2 Å². The van der Waals surface area contributed by atoms with Gasteiger partial charge in [0.15, 0.2) is 8.32 Å². The molecule has 2 aromatic rings. The molecular weight excluding hydrogens is 971 g/mol. The van der Waals surface area contributed by atoms with Crippen LogP contribution in [0.3, 0.4) is 0 Å². The number of alkyl carbamates (subject to hydrolysis) is 1. The Bertz CT molecular complexity index is 2380. The molecule has 2 aromatic carbocycles. The van der Waals surface area contributed by atoms with Gasteiger partial charge in [-0.15, -0.1) is 0 Å². The number of carbonyl (C=O) groups excluding carboxylic acids is 3. The number of urea groups is 1. The van der Waals surface area contributed by atoms with Gasteiger partial charge < -0.3 is 53.7 Å². The van der Waals surface area contributed by atoms with Crippen molar-refractivity contribution in [3.05, 3.63) is 93.9 Å². The first-order valence-corrected chi connectivity index (χ1v) is 30.2. The summed E-state index contributed by atoms with van der Waals surface area (Å²) in [5.74, 6) is 1.17. The van der Waals surface area contributed by atoms with E-state index in [9.17, 15) is 14.4 Å². The van der Waals surface area contributed by atoms with E-state index in [0.717, 1.165) is 76.7 Å². The Balaban J connectivity index is 0.815. The lowest BCUT2D eigenvalue weighted by molar-refractivity contribution is -0.451. The van der Waals surface area contributed by atoms with Gasteiger partial charge in [0.2, 0.25) is 5.71 Å². The predicted octanol–water partition coefficient (Wildman–Crippen LogP) is 7.34. The Morgan fingerprint density at radius 1 is 0.933 bits per heavy atom. The number of hydrogen-bond acceptors (Lipinski definition) is 12. The summed E-state index contributed by atoms with van der Waals surface area (Å²) in [6, 6.07) is 11.9. The van der Waals surface area contributed by atoms with Crippen molar-refractivity contribution < 1.29 is 52.2 Å². The Kier molecular flexibility index (Phi) is 21.9. The Morgan fingerprint density at radius 3 is 2.31 bits per heavy atom. The van der Waals surface area contributed by atoms with Crippen LogP contribution in [-0.4, -0.2) is 152 Å². The van der Waals surface area contributed by atoms with Crippen LogP contribution in [0.15, 0.2) is 71.7 Å². The van der Waals surface area contributed by atoms with Crippen LogP contribution >= 0.6 is 0 Å². The number of anilines is 1. The van der Waals surface area contributed by atoms with Crippen molar-refractivity contribution >= 4 is 37.7 Å². The molecule has 0 radical (unpaired) electrons. The first-order chi connectivity index (χ1) is 35.9. The van der Waals surface area contributed by atoms with E-state index in [1.165, 1.54) is 0 Å². The topological polar surface area (TPSA) is 184 Å². The fraction of sp³-hybridized carbons (Fsp3) is 0.614. The number of hydrogen-bond donors (Lipinski definition) is 5. The van der Waals surface area contributed by atoms with E-state index in [2.05, 4.69) is 119 Å². The third-order valence-electron chi connectivity index (χ3n) is 14.8. The van der Waals surface area contributed by atoms with E-state index >= 15 is 0 Å². The van der Waals surface area contributed by atoms with Gasteiger partial charge in [0.1, 0.15) is 37.1 Å². The van der Waals surface area contributed by atoms with Crippen molar-refractivity contribution in [2.45, 2.75) is 137 Å². The third-order valence-corrected chi connectivity index (χ3v) is 19.3. The van der Waals surface area contributed by atoms with Crippen LogP contribution in [0.5, 0.6) is 5.75 Å². The molecule has 0 saturated carbocycles. The van der Waals surface area contributed by atoms with Gasteiger partial charge in [-0.2, -0.15) is 0 Å². The molecule has 6 rings (SSSR count). The molecule has 75 heavy (non-hydrogen) atoms. The maximum Gasteiger partial charge on any atom is 0.407 e. The molecule has 0 bridgehead atoms. The van der Waals surface area contributed by atoms with Gasteiger partial charge in [-0.3, -0.25) is 15.0 Å². The van der Waals surface area contributed by atoms with Crippen LogP contribution in [0.25, 0.3) is 0 Å². The molecule has 4 amide bonds. The van der Waals surface area contributed by atoms with Gasteiger partial charge in [0.25, 0.3) is 5.91 Å². The summed E-state index contributed by atoms with van der Waals surface area (Å²) in [5, 5.41) is 12.8. The number of benzene rings is 2. The average molecular weight is 1060 g/mol. The Morgan fingerprint density at radius 2 is 1.63 bits per heavy atom. The maximum atomic E-state index is 14.2. The second-order valence-electron chi connectivity index (χ2n) is 21.4. The average Bonchev–Trinajstić information content (AvgIpc) is 3.77. The number of fused-ring (bicyclic) bond motifs is 2. The molecule has 17 nitrogen and oxygen atoms in total. The summed E-state index contributed by atoms with van der Waals surface area (Å²) in [6.45, 7) is 29.4. The van der Waals surface area contributed by atoms with Crippen molar-refractivity contribution in [3.63, 3.8) is 0 Å². The fourth-order valence-electron chi connectivity index (χ4n) is 9.56. The van der Waals surface area contributed by atoms with Crippen molar-refractivity contribution in [1.82, 2.24) is 25.8 Å². The SMILES string of the molecule is CCNc1cc2c(cc1C)C(c1ccccc1C(=O)N(C)CCOC(=O)NCCCOCCOCCOCCCNC1NC(=O)N(C3CC(O[Si](C)(C)C(C)(C)C)C(CC)O3)C=C1C)C1C=C(C)C(=[NH+]CC)C=C1O2. The number of likely N-dealkylation sites (N-methyl/N-ethyl adjacent to an activating group) is 1. The summed E-state index contributed by atoms with van der Waals surface area (Å²) in [7, 11) is -0.260. The van der Waals surface area contributed by atoms with Gasteiger partial charge in [0, 0.05) is 92.3 Å². The van der Waals surface area contributed by atoms with Gasteiger partial charge >= 0.3 is 12.1 Å². The minimum Gasteiger partial charge on any atom is -0.460 e. The Hall–Kier alpha value is -5.08. The lowest BCUT2D eigenvalue weighted by Gasteiger charge is -2.39. The summed E-state index contributed by atoms with van der Waals surface area (Å²) >= 11 is 0. The largest absolute Gasteiger partial charge is 0.460 e. The lowest BCUT2D eigenvalue weighted by Crippen LogP contribution is -2.72. The number of rotatable bonds is 27. The highest BCUT2D eigenvalue weighted by Crippen LogP contribution is 2.50. The number of nitrogens with one attached hydrogen (secondary N) is 5. The minimum atomic E-state index is -1.99. The van der Waals surface area contributed by atoms with Gasteiger partial charge in [-0.1, -0.05) is 52.0 Å². The molecular formula is C57H88N7O10Si+. The van der Waals surface area contributed by atoms with Crippen molar-refractivity contribution in [3.8, 4) is 5.75 Å². The second-order valence-corrected chi connectivity index (χ2v) is 26.2. The number of allylic oxidation sites excluding steroid dienone is 3. The predicted molar refractivity (Wildman–Crippen MR) is 296 cm³/mol. The normalized spacial score (nSPS) is 22.1. The number of nitrogens with zero attached hydrogens (tertiary/aromatic N) is 2. The summed E-state index contributed by atoms with van der Waals surface area (Å²) in [5.41, 5.74) is 7.83. The molecule has 0 aromatic heterocycles. The van der Waals surface area contributed by atoms with E-state index < -0.39 is 14.4 Å².